The third-order valence-corrected chi connectivity index (χ3v) is 4.98. The van der Waals surface area contributed by atoms with Crippen molar-refractivity contribution in [3.05, 3.63) is 83.3 Å². The molecule has 0 amide bonds. The maximum atomic E-state index is 12.8. The minimum atomic E-state index is -0.592. The second-order valence-electron chi connectivity index (χ2n) is 5.97. The SMILES string of the molecule is COC(=O)c1ccc(COC(=O)c2cc(-c3cccs3)nn2-c2ccccc2)o1. The number of carbonyl (C=O) groups is 2. The van der Waals surface area contributed by atoms with Gasteiger partial charge < -0.3 is 13.9 Å². The van der Waals surface area contributed by atoms with Crippen LogP contribution in [-0.4, -0.2) is 28.8 Å². The highest BCUT2D eigenvalue weighted by atomic mass is 32.1. The van der Waals surface area contributed by atoms with Gasteiger partial charge in [0.05, 0.1) is 17.7 Å². The normalized spacial score (nSPS) is 10.7. The van der Waals surface area contributed by atoms with Crippen LogP contribution in [0.3, 0.4) is 0 Å². The van der Waals surface area contributed by atoms with Crippen LogP contribution in [0.15, 0.2) is 70.5 Å². The molecule has 0 bridgehead atoms. The van der Waals surface area contributed by atoms with Gasteiger partial charge in [0, 0.05) is 6.07 Å². The van der Waals surface area contributed by atoms with Gasteiger partial charge in [0.25, 0.3) is 0 Å². The Balaban J connectivity index is 1.58. The molecule has 7 nitrogen and oxygen atoms in total. The number of aromatic nitrogens is 2. The van der Waals surface area contributed by atoms with Gasteiger partial charge >= 0.3 is 11.9 Å². The van der Waals surface area contributed by atoms with Crippen LogP contribution in [0.1, 0.15) is 26.8 Å². The average molecular weight is 408 g/mol. The molecule has 3 heterocycles. The fraction of sp³-hybridized carbons (Fsp3) is 0.0952. The summed E-state index contributed by atoms with van der Waals surface area (Å²) in [6.45, 7) is -0.121. The van der Waals surface area contributed by atoms with Crippen LogP contribution < -0.4 is 0 Å². The van der Waals surface area contributed by atoms with Gasteiger partial charge in [-0.05, 0) is 35.7 Å². The number of ether oxygens (including phenoxy) is 2. The molecule has 0 radical (unpaired) electrons. The number of benzene rings is 1. The Hall–Kier alpha value is -3.65. The number of para-hydroxylation sites is 1. The van der Waals surface area contributed by atoms with E-state index in [4.69, 9.17) is 9.15 Å². The molecule has 0 aliphatic carbocycles. The van der Waals surface area contributed by atoms with Gasteiger partial charge in [-0.15, -0.1) is 11.3 Å². The standard InChI is InChI=1S/C21H16N2O5S/c1-26-21(25)18-10-9-15(28-18)13-27-20(24)17-12-16(19-8-5-11-29-19)22-23(17)14-6-3-2-4-7-14/h2-12H,13H2,1H3. The Bertz CT molecular complexity index is 1130. The summed E-state index contributed by atoms with van der Waals surface area (Å²) >= 11 is 1.54. The van der Waals surface area contributed by atoms with Gasteiger partial charge in [-0.3, -0.25) is 0 Å². The molecule has 4 aromatic rings. The molecule has 4 rings (SSSR count). The van der Waals surface area contributed by atoms with Gasteiger partial charge in [-0.2, -0.15) is 5.10 Å². The highest BCUT2D eigenvalue weighted by molar-refractivity contribution is 7.13. The molecule has 0 saturated carbocycles. The molecule has 0 aliphatic rings. The molecular weight excluding hydrogens is 392 g/mol. The lowest BCUT2D eigenvalue weighted by molar-refractivity contribution is 0.0428. The van der Waals surface area contributed by atoms with Gasteiger partial charge in [-0.25, -0.2) is 14.3 Å². The Labute approximate surface area is 170 Å². The van der Waals surface area contributed by atoms with E-state index in [1.807, 2.05) is 47.8 Å². The van der Waals surface area contributed by atoms with E-state index in [-0.39, 0.29) is 12.4 Å². The van der Waals surface area contributed by atoms with E-state index in [0.717, 1.165) is 10.6 Å². The number of hydrogen-bond donors (Lipinski definition) is 0. The van der Waals surface area contributed by atoms with Crippen molar-refractivity contribution >= 4 is 23.3 Å². The van der Waals surface area contributed by atoms with Crippen molar-refractivity contribution in [1.29, 1.82) is 0 Å². The third-order valence-electron chi connectivity index (χ3n) is 4.09. The number of thiophene rings is 1. The first-order valence-electron chi connectivity index (χ1n) is 8.69. The van der Waals surface area contributed by atoms with Crippen molar-refractivity contribution in [3.8, 4) is 16.3 Å². The number of esters is 2. The van der Waals surface area contributed by atoms with Crippen molar-refractivity contribution in [3.63, 3.8) is 0 Å². The Morgan fingerprint density at radius 3 is 2.62 bits per heavy atom. The van der Waals surface area contributed by atoms with E-state index in [9.17, 15) is 9.59 Å². The Kier molecular flexibility index (Phi) is 5.26. The van der Waals surface area contributed by atoms with Crippen LogP contribution in [0.2, 0.25) is 0 Å². The number of nitrogens with zero attached hydrogens (tertiary/aromatic N) is 2. The summed E-state index contributed by atoms with van der Waals surface area (Å²) in [5.74, 6) is -0.763. The fourth-order valence-electron chi connectivity index (χ4n) is 2.71. The monoisotopic (exact) mass is 408 g/mol. The quantitative estimate of drug-likeness (QED) is 0.442. The summed E-state index contributed by atoms with van der Waals surface area (Å²) < 4.78 is 16.9. The average Bonchev–Trinajstić information content (AvgIpc) is 3.52. The molecule has 8 heteroatoms. The van der Waals surface area contributed by atoms with E-state index in [1.165, 1.54) is 24.5 Å². The van der Waals surface area contributed by atoms with E-state index in [1.54, 1.807) is 16.8 Å². The first kappa shape index (κ1) is 18.7. The number of rotatable bonds is 6. The number of hydrogen-bond acceptors (Lipinski definition) is 7. The highest BCUT2D eigenvalue weighted by Gasteiger charge is 2.20. The molecule has 1 aromatic carbocycles. The predicted molar refractivity (Wildman–Crippen MR) is 106 cm³/mol. The fourth-order valence-corrected chi connectivity index (χ4v) is 3.40. The third kappa shape index (κ3) is 3.97. The molecule has 0 fully saturated rings. The lowest BCUT2D eigenvalue weighted by atomic mass is 10.3. The molecule has 29 heavy (non-hydrogen) atoms. The molecule has 146 valence electrons. The van der Waals surface area contributed by atoms with Crippen molar-refractivity contribution in [2.24, 2.45) is 0 Å². The predicted octanol–water partition coefficient (Wildman–Crippen LogP) is 4.34. The minimum Gasteiger partial charge on any atom is -0.463 e. The number of carbonyl (C=O) groups excluding carboxylic acids is 2. The molecule has 0 unspecified atom stereocenters. The van der Waals surface area contributed by atoms with Crippen LogP contribution in [-0.2, 0) is 16.1 Å². The largest absolute Gasteiger partial charge is 0.463 e. The van der Waals surface area contributed by atoms with Crippen LogP contribution in [0.25, 0.3) is 16.3 Å². The van der Waals surface area contributed by atoms with Gasteiger partial charge in [0.1, 0.15) is 18.1 Å². The second kappa shape index (κ2) is 8.15. The second-order valence-corrected chi connectivity index (χ2v) is 6.92. The zero-order valence-corrected chi connectivity index (χ0v) is 16.2. The summed E-state index contributed by atoms with van der Waals surface area (Å²) in [6.07, 6.45) is 0. The number of furan rings is 1. The molecule has 3 aromatic heterocycles. The summed E-state index contributed by atoms with van der Waals surface area (Å²) in [4.78, 5) is 25.2. The van der Waals surface area contributed by atoms with Crippen molar-refractivity contribution in [1.82, 2.24) is 9.78 Å². The van der Waals surface area contributed by atoms with Crippen molar-refractivity contribution in [2.45, 2.75) is 6.61 Å². The zero-order valence-electron chi connectivity index (χ0n) is 15.4. The number of methoxy groups -OCH3 is 1. The maximum Gasteiger partial charge on any atom is 0.373 e. The first-order chi connectivity index (χ1) is 14.2. The lowest BCUT2D eigenvalue weighted by Gasteiger charge is -2.07. The van der Waals surface area contributed by atoms with Crippen molar-refractivity contribution < 1.29 is 23.5 Å². The summed E-state index contributed by atoms with van der Waals surface area (Å²) in [5.41, 5.74) is 1.72. The summed E-state index contributed by atoms with van der Waals surface area (Å²) in [5, 5.41) is 6.53. The van der Waals surface area contributed by atoms with Crippen LogP contribution >= 0.6 is 11.3 Å². The van der Waals surface area contributed by atoms with Gasteiger partial charge in [0.2, 0.25) is 5.76 Å². The van der Waals surface area contributed by atoms with E-state index in [0.29, 0.717) is 17.1 Å². The first-order valence-corrected chi connectivity index (χ1v) is 9.57. The van der Waals surface area contributed by atoms with Gasteiger partial charge in [-0.1, -0.05) is 24.3 Å². The van der Waals surface area contributed by atoms with Crippen LogP contribution in [0, 0.1) is 0 Å². The smallest absolute Gasteiger partial charge is 0.373 e. The van der Waals surface area contributed by atoms with Crippen LogP contribution in [0.5, 0.6) is 0 Å². The minimum absolute atomic E-state index is 0.0489. The molecule has 0 spiro atoms. The molecule has 0 atom stereocenters. The van der Waals surface area contributed by atoms with Crippen LogP contribution in [0.4, 0.5) is 0 Å². The van der Waals surface area contributed by atoms with E-state index < -0.39 is 11.9 Å². The van der Waals surface area contributed by atoms with E-state index >= 15 is 0 Å². The molecular formula is C21H16N2O5S. The summed E-state index contributed by atoms with van der Waals surface area (Å²) in [6, 6.07) is 17.9. The topological polar surface area (TPSA) is 83.6 Å². The lowest BCUT2D eigenvalue weighted by Crippen LogP contribution is -2.12. The molecule has 0 aliphatic heterocycles. The maximum absolute atomic E-state index is 12.8. The molecule has 0 N–H and O–H groups in total. The van der Waals surface area contributed by atoms with Gasteiger partial charge in [0.15, 0.2) is 5.69 Å². The Morgan fingerprint density at radius 1 is 1.07 bits per heavy atom. The zero-order chi connectivity index (χ0) is 20.2. The molecule has 0 saturated heterocycles. The van der Waals surface area contributed by atoms with E-state index in [2.05, 4.69) is 9.84 Å². The van der Waals surface area contributed by atoms with Crippen molar-refractivity contribution in [2.75, 3.05) is 7.11 Å². The summed E-state index contributed by atoms with van der Waals surface area (Å²) in [7, 11) is 1.26. The highest BCUT2D eigenvalue weighted by Crippen LogP contribution is 2.26. The Morgan fingerprint density at radius 2 is 1.90 bits per heavy atom.